The van der Waals surface area contributed by atoms with E-state index in [1.807, 2.05) is 17.5 Å². The summed E-state index contributed by atoms with van der Waals surface area (Å²) >= 11 is 1.52. The third kappa shape index (κ3) is 3.85. The third-order valence-electron chi connectivity index (χ3n) is 1.57. The SMILES string of the molecule is O=C(O)CCC(=O)Cc1cccs1. The molecule has 0 amide bonds. The summed E-state index contributed by atoms with van der Waals surface area (Å²) in [5.74, 6) is -0.927. The van der Waals surface area contributed by atoms with Crippen LogP contribution in [0.15, 0.2) is 17.5 Å². The van der Waals surface area contributed by atoms with Crippen LogP contribution in [0.1, 0.15) is 17.7 Å². The molecule has 1 rings (SSSR count). The van der Waals surface area contributed by atoms with Crippen molar-refractivity contribution < 1.29 is 14.7 Å². The average molecular weight is 198 g/mol. The molecule has 1 heterocycles. The van der Waals surface area contributed by atoms with Crippen molar-refractivity contribution in [2.75, 3.05) is 0 Å². The quantitative estimate of drug-likeness (QED) is 0.783. The second-order valence-electron chi connectivity index (χ2n) is 2.69. The van der Waals surface area contributed by atoms with E-state index in [9.17, 15) is 9.59 Å². The number of thiophene rings is 1. The number of hydrogen-bond acceptors (Lipinski definition) is 3. The Balaban J connectivity index is 2.30. The molecule has 70 valence electrons. The van der Waals surface area contributed by atoms with E-state index < -0.39 is 5.97 Å². The van der Waals surface area contributed by atoms with Crippen LogP contribution in [0.3, 0.4) is 0 Å². The maximum absolute atomic E-state index is 11.2. The predicted octanol–water partition coefficient (Wildman–Crippen LogP) is 1.72. The number of aliphatic carboxylic acids is 1. The second kappa shape index (κ2) is 4.77. The van der Waals surface area contributed by atoms with Crippen LogP contribution in [0.25, 0.3) is 0 Å². The molecule has 13 heavy (non-hydrogen) atoms. The molecule has 0 bridgehead atoms. The van der Waals surface area contributed by atoms with Crippen molar-refractivity contribution in [3.05, 3.63) is 22.4 Å². The predicted molar refractivity (Wildman–Crippen MR) is 49.9 cm³/mol. The monoisotopic (exact) mass is 198 g/mol. The first-order valence-corrected chi connectivity index (χ1v) is 4.82. The summed E-state index contributed by atoms with van der Waals surface area (Å²) in [4.78, 5) is 22.3. The first-order chi connectivity index (χ1) is 6.18. The highest BCUT2D eigenvalue weighted by Gasteiger charge is 2.06. The van der Waals surface area contributed by atoms with Gasteiger partial charge in [0.05, 0.1) is 6.42 Å². The van der Waals surface area contributed by atoms with Crippen molar-refractivity contribution in [1.29, 1.82) is 0 Å². The van der Waals surface area contributed by atoms with Crippen molar-refractivity contribution >= 4 is 23.1 Å². The lowest BCUT2D eigenvalue weighted by atomic mass is 10.1. The maximum Gasteiger partial charge on any atom is 0.303 e. The summed E-state index contributed by atoms with van der Waals surface area (Å²) in [6.45, 7) is 0. The van der Waals surface area contributed by atoms with Gasteiger partial charge in [-0.3, -0.25) is 9.59 Å². The van der Waals surface area contributed by atoms with Crippen LogP contribution < -0.4 is 0 Å². The molecule has 0 atom stereocenters. The Bertz CT molecular complexity index is 290. The summed E-state index contributed by atoms with van der Waals surface area (Å²) in [6.07, 6.45) is 0.433. The van der Waals surface area contributed by atoms with Gasteiger partial charge in [-0.15, -0.1) is 11.3 Å². The van der Waals surface area contributed by atoms with Crippen LogP contribution in [0.4, 0.5) is 0 Å². The number of hydrogen-bond donors (Lipinski definition) is 1. The smallest absolute Gasteiger partial charge is 0.303 e. The topological polar surface area (TPSA) is 54.4 Å². The van der Waals surface area contributed by atoms with Crippen LogP contribution >= 0.6 is 11.3 Å². The lowest BCUT2D eigenvalue weighted by Crippen LogP contribution is -2.05. The third-order valence-corrected chi connectivity index (χ3v) is 2.45. The first kappa shape index (κ1) is 9.92. The summed E-state index contributed by atoms with van der Waals surface area (Å²) in [6, 6.07) is 3.76. The van der Waals surface area contributed by atoms with E-state index in [-0.39, 0.29) is 18.6 Å². The molecule has 3 nitrogen and oxygen atoms in total. The molecule has 0 aliphatic heterocycles. The van der Waals surface area contributed by atoms with Crippen molar-refractivity contribution in [1.82, 2.24) is 0 Å². The van der Waals surface area contributed by atoms with E-state index in [4.69, 9.17) is 5.11 Å². The molecule has 1 N–H and O–H groups in total. The Morgan fingerprint density at radius 1 is 1.38 bits per heavy atom. The maximum atomic E-state index is 11.2. The van der Waals surface area contributed by atoms with Gasteiger partial charge in [0.25, 0.3) is 0 Å². The molecule has 4 heteroatoms. The number of carbonyl (C=O) groups excluding carboxylic acids is 1. The Labute approximate surface area is 80.0 Å². The lowest BCUT2D eigenvalue weighted by Gasteiger charge is -1.95. The van der Waals surface area contributed by atoms with Crippen LogP contribution in [0.5, 0.6) is 0 Å². The number of carboxylic acid groups (broad SMARTS) is 1. The van der Waals surface area contributed by atoms with E-state index in [1.54, 1.807) is 0 Å². The molecule has 0 unspecified atom stereocenters. The minimum atomic E-state index is -0.917. The van der Waals surface area contributed by atoms with Crippen LogP contribution in [0.2, 0.25) is 0 Å². The Kier molecular flexibility index (Phi) is 3.64. The van der Waals surface area contributed by atoms with Crippen molar-refractivity contribution in [2.45, 2.75) is 19.3 Å². The van der Waals surface area contributed by atoms with Crippen LogP contribution in [-0.2, 0) is 16.0 Å². The molecular weight excluding hydrogens is 188 g/mol. The first-order valence-electron chi connectivity index (χ1n) is 3.94. The Hall–Kier alpha value is -1.16. The highest BCUT2D eigenvalue weighted by molar-refractivity contribution is 7.10. The highest BCUT2D eigenvalue weighted by atomic mass is 32.1. The molecule has 0 radical (unpaired) electrons. The molecular formula is C9H10O3S. The largest absolute Gasteiger partial charge is 0.481 e. The number of rotatable bonds is 5. The number of ketones is 1. The average Bonchev–Trinajstić information content (AvgIpc) is 2.53. The van der Waals surface area contributed by atoms with Gasteiger partial charge < -0.3 is 5.11 Å². The van der Waals surface area contributed by atoms with Crippen molar-refractivity contribution in [3.8, 4) is 0 Å². The van der Waals surface area contributed by atoms with E-state index in [2.05, 4.69) is 0 Å². The molecule has 1 aromatic rings. The van der Waals surface area contributed by atoms with Gasteiger partial charge in [0, 0.05) is 17.7 Å². The zero-order valence-electron chi connectivity index (χ0n) is 7.03. The van der Waals surface area contributed by atoms with Crippen molar-refractivity contribution in [3.63, 3.8) is 0 Å². The Morgan fingerprint density at radius 2 is 2.15 bits per heavy atom. The van der Waals surface area contributed by atoms with Crippen molar-refractivity contribution in [2.24, 2.45) is 0 Å². The molecule has 0 aromatic carbocycles. The van der Waals surface area contributed by atoms with Gasteiger partial charge in [-0.25, -0.2) is 0 Å². The molecule has 0 aliphatic carbocycles. The van der Waals surface area contributed by atoms with Gasteiger partial charge in [0.2, 0.25) is 0 Å². The molecule has 0 spiro atoms. The minimum Gasteiger partial charge on any atom is -0.481 e. The van der Waals surface area contributed by atoms with Gasteiger partial charge in [0.15, 0.2) is 0 Å². The summed E-state index contributed by atoms with van der Waals surface area (Å²) in [5.41, 5.74) is 0. The highest BCUT2D eigenvalue weighted by Crippen LogP contribution is 2.10. The van der Waals surface area contributed by atoms with E-state index >= 15 is 0 Å². The fourth-order valence-electron chi connectivity index (χ4n) is 0.942. The normalized spacial score (nSPS) is 9.85. The van der Waals surface area contributed by atoms with Crippen LogP contribution in [0, 0.1) is 0 Å². The zero-order chi connectivity index (χ0) is 9.68. The van der Waals surface area contributed by atoms with Gasteiger partial charge in [-0.05, 0) is 11.4 Å². The fourth-order valence-corrected chi connectivity index (χ4v) is 1.68. The summed E-state index contributed by atoms with van der Waals surface area (Å²) < 4.78 is 0. The molecule has 0 saturated heterocycles. The zero-order valence-corrected chi connectivity index (χ0v) is 7.84. The summed E-state index contributed by atoms with van der Waals surface area (Å²) in [7, 11) is 0. The lowest BCUT2D eigenvalue weighted by molar-refractivity contribution is -0.138. The molecule has 0 fully saturated rings. The number of carbonyl (C=O) groups is 2. The number of carboxylic acids is 1. The van der Waals surface area contributed by atoms with Gasteiger partial charge in [-0.1, -0.05) is 6.07 Å². The summed E-state index contributed by atoms with van der Waals surface area (Å²) in [5, 5.41) is 10.2. The number of Topliss-reactive ketones (excluding diaryl/α,β-unsaturated/α-hetero) is 1. The standard InChI is InChI=1S/C9H10O3S/c10-7(3-4-9(11)12)6-8-2-1-5-13-8/h1-2,5H,3-4,6H2,(H,11,12). The van der Waals surface area contributed by atoms with E-state index in [1.165, 1.54) is 11.3 Å². The van der Waals surface area contributed by atoms with Crippen LogP contribution in [-0.4, -0.2) is 16.9 Å². The Morgan fingerprint density at radius 3 is 2.69 bits per heavy atom. The van der Waals surface area contributed by atoms with E-state index in [0.29, 0.717) is 6.42 Å². The van der Waals surface area contributed by atoms with Gasteiger partial charge in [0.1, 0.15) is 5.78 Å². The van der Waals surface area contributed by atoms with Gasteiger partial charge >= 0.3 is 5.97 Å². The minimum absolute atomic E-state index is 0.00940. The fraction of sp³-hybridized carbons (Fsp3) is 0.333. The molecule has 1 aromatic heterocycles. The second-order valence-corrected chi connectivity index (χ2v) is 3.72. The molecule has 0 aliphatic rings. The van der Waals surface area contributed by atoms with E-state index in [0.717, 1.165) is 4.88 Å². The van der Waals surface area contributed by atoms with Gasteiger partial charge in [-0.2, -0.15) is 0 Å². The molecule has 0 saturated carbocycles.